The van der Waals surface area contributed by atoms with Gasteiger partial charge in [0.15, 0.2) is 0 Å². The smallest absolute Gasteiger partial charge is 0.297 e. The molecule has 0 aliphatic rings. The standard InChI is InChI=1S/C7H5BrN6O/c8-5-4(2-1-3-9-5)10-7(15)6-11-13-14-12-6/h1-3H,(H,10,15)(H,11,12,13,14). The maximum atomic E-state index is 11.5. The number of aromatic amines is 1. The van der Waals surface area contributed by atoms with Crippen molar-refractivity contribution in [1.82, 2.24) is 25.6 Å². The highest BCUT2D eigenvalue weighted by Crippen LogP contribution is 2.18. The van der Waals surface area contributed by atoms with Crippen molar-refractivity contribution in [3.05, 3.63) is 28.8 Å². The summed E-state index contributed by atoms with van der Waals surface area (Å²) in [6, 6.07) is 3.41. The second-order valence-electron chi connectivity index (χ2n) is 2.53. The third kappa shape index (κ3) is 2.15. The first-order valence-corrected chi connectivity index (χ1v) is 4.72. The van der Waals surface area contributed by atoms with Gasteiger partial charge in [0.2, 0.25) is 0 Å². The highest BCUT2D eigenvalue weighted by atomic mass is 79.9. The molecule has 0 bridgehead atoms. The number of H-pyrrole nitrogens is 1. The number of tetrazole rings is 1. The number of carbonyl (C=O) groups excluding carboxylic acids is 1. The first kappa shape index (κ1) is 9.71. The van der Waals surface area contributed by atoms with Crippen LogP contribution in [0.25, 0.3) is 0 Å². The minimum atomic E-state index is -0.447. The number of pyridine rings is 1. The van der Waals surface area contributed by atoms with E-state index in [2.05, 4.69) is 46.9 Å². The average Bonchev–Trinajstić information content (AvgIpc) is 2.74. The predicted molar refractivity (Wildman–Crippen MR) is 54.1 cm³/mol. The zero-order valence-electron chi connectivity index (χ0n) is 7.31. The van der Waals surface area contributed by atoms with Gasteiger partial charge in [-0.1, -0.05) is 0 Å². The van der Waals surface area contributed by atoms with E-state index in [1.54, 1.807) is 18.3 Å². The van der Waals surface area contributed by atoms with Crippen molar-refractivity contribution in [2.75, 3.05) is 5.32 Å². The summed E-state index contributed by atoms with van der Waals surface area (Å²) in [4.78, 5) is 15.4. The summed E-state index contributed by atoms with van der Waals surface area (Å²) in [6.07, 6.45) is 1.61. The lowest BCUT2D eigenvalue weighted by molar-refractivity contribution is 0.101. The predicted octanol–water partition coefficient (Wildman–Crippen LogP) is 0.609. The fourth-order valence-electron chi connectivity index (χ4n) is 0.915. The van der Waals surface area contributed by atoms with Crippen molar-refractivity contribution in [3.63, 3.8) is 0 Å². The number of hydrogen-bond acceptors (Lipinski definition) is 5. The summed E-state index contributed by atoms with van der Waals surface area (Å²) >= 11 is 3.20. The van der Waals surface area contributed by atoms with Crippen LogP contribution in [0.3, 0.4) is 0 Å². The number of carbonyl (C=O) groups is 1. The van der Waals surface area contributed by atoms with Crippen LogP contribution < -0.4 is 5.32 Å². The minimum Gasteiger partial charge on any atom is -0.317 e. The maximum absolute atomic E-state index is 11.5. The van der Waals surface area contributed by atoms with Crippen molar-refractivity contribution in [3.8, 4) is 0 Å². The molecule has 0 aromatic carbocycles. The van der Waals surface area contributed by atoms with Gasteiger partial charge in [0.05, 0.1) is 5.69 Å². The van der Waals surface area contributed by atoms with Gasteiger partial charge in [-0.15, -0.1) is 10.2 Å². The SMILES string of the molecule is O=C(Nc1cccnc1Br)c1nn[nH]n1. The molecule has 0 saturated carbocycles. The molecule has 76 valence electrons. The number of halogens is 1. The Morgan fingerprint density at radius 3 is 3.07 bits per heavy atom. The van der Waals surface area contributed by atoms with E-state index in [0.29, 0.717) is 10.3 Å². The van der Waals surface area contributed by atoms with Gasteiger partial charge in [-0.05, 0) is 33.3 Å². The monoisotopic (exact) mass is 268 g/mol. The molecule has 0 radical (unpaired) electrons. The second-order valence-corrected chi connectivity index (χ2v) is 3.28. The number of nitrogens with one attached hydrogen (secondary N) is 2. The van der Waals surface area contributed by atoms with Crippen LogP contribution in [0.1, 0.15) is 10.6 Å². The number of anilines is 1. The van der Waals surface area contributed by atoms with Gasteiger partial charge in [0.1, 0.15) is 4.60 Å². The molecule has 2 rings (SSSR count). The summed E-state index contributed by atoms with van der Waals surface area (Å²) in [5, 5.41) is 15.1. The van der Waals surface area contributed by atoms with Gasteiger partial charge in [-0.25, -0.2) is 4.98 Å². The van der Waals surface area contributed by atoms with Gasteiger partial charge < -0.3 is 5.32 Å². The normalized spacial score (nSPS) is 9.93. The van der Waals surface area contributed by atoms with Crippen LogP contribution in [0.15, 0.2) is 22.9 Å². The van der Waals surface area contributed by atoms with E-state index in [4.69, 9.17) is 0 Å². The van der Waals surface area contributed by atoms with E-state index < -0.39 is 5.91 Å². The van der Waals surface area contributed by atoms with E-state index >= 15 is 0 Å². The van der Waals surface area contributed by atoms with Crippen molar-refractivity contribution in [2.45, 2.75) is 0 Å². The van der Waals surface area contributed by atoms with Gasteiger partial charge in [-0.2, -0.15) is 5.21 Å². The molecule has 2 aromatic heterocycles. The van der Waals surface area contributed by atoms with Crippen LogP contribution in [-0.4, -0.2) is 31.5 Å². The second kappa shape index (κ2) is 4.13. The van der Waals surface area contributed by atoms with Crippen molar-refractivity contribution >= 4 is 27.5 Å². The Morgan fingerprint density at radius 2 is 2.40 bits per heavy atom. The lowest BCUT2D eigenvalue weighted by Gasteiger charge is -2.02. The van der Waals surface area contributed by atoms with Crippen LogP contribution in [0.4, 0.5) is 5.69 Å². The first-order valence-electron chi connectivity index (χ1n) is 3.92. The van der Waals surface area contributed by atoms with Crippen molar-refractivity contribution in [1.29, 1.82) is 0 Å². The van der Waals surface area contributed by atoms with E-state index in [1.165, 1.54) is 0 Å². The quantitative estimate of drug-likeness (QED) is 0.778. The Kier molecular flexibility index (Phi) is 2.68. The topological polar surface area (TPSA) is 96.5 Å². The molecular formula is C7H5BrN6O. The molecule has 0 atom stereocenters. The largest absolute Gasteiger partial charge is 0.317 e. The summed E-state index contributed by atoms with van der Waals surface area (Å²) < 4.78 is 0.543. The molecule has 0 saturated heterocycles. The third-order valence-corrected chi connectivity index (χ3v) is 2.19. The van der Waals surface area contributed by atoms with Crippen LogP contribution in [-0.2, 0) is 0 Å². The van der Waals surface area contributed by atoms with E-state index in [9.17, 15) is 4.79 Å². The van der Waals surface area contributed by atoms with Crippen LogP contribution in [0.2, 0.25) is 0 Å². The summed E-state index contributed by atoms with van der Waals surface area (Å²) in [7, 11) is 0. The summed E-state index contributed by atoms with van der Waals surface area (Å²) in [6.45, 7) is 0. The molecule has 7 nitrogen and oxygen atoms in total. The molecule has 0 unspecified atom stereocenters. The van der Waals surface area contributed by atoms with Crippen LogP contribution in [0, 0.1) is 0 Å². The van der Waals surface area contributed by atoms with Crippen molar-refractivity contribution < 1.29 is 4.79 Å². The number of hydrogen-bond donors (Lipinski definition) is 2. The molecule has 8 heteroatoms. The summed E-state index contributed by atoms with van der Waals surface area (Å²) in [5.74, 6) is -0.469. The van der Waals surface area contributed by atoms with Crippen LogP contribution >= 0.6 is 15.9 Å². The number of nitrogens with zero attached hydrogens (tertiary/aromatic N) is 4. The molecular weight excluding hydrogens is 264 g/mol. The van der Waals surface area contributed by atoms with E-state index in [1.807, 2.05) is 0 Å². The Morgan fingerprint density at radius 1 is 1.53 bits per heavy atom. The Hall–Kier alpha value is -1.83. The number of amides is 1. The Bertz CT molecular complexity index is 470. The minimum absolute atomic E-state index is 0.0225. The highest BCUT2D eigenvalue weighted by Gasteiger charge is 2.12. The van der Waals surface area contributed by atoms with Gasteiger partial charge >= 0.3 is 0 Å². The Balaban J connectivity index is 2.17. The van der Waals surface area contributed by atoms with E-state index in [-0.39, 0.29) is 5.82 Å². The van der Waals surface area contributed by atoms with Gasteiger partial charge in [0.25, 0.3) is 11.7 Å². The average molecular weight is 269 g/mol. The zero-order chi connectivity index (χ0) is 10.7. The van der Waals surface area contributed by atoms with E-state index in [0.717, 1.165) is 0 Å². The van der Waals surface area contributed by atoms with Crippen LogP contribution in [0.5, 0.6) is 0 Å². The van der Waals surface area contributed by atoms with Gasteiger partial charge in [0, 0.05) is 6.20 Å². The summed E-state index contributed by atoms with van der Waals surface area (Å²) in [5.41, 5.74) is 0.548. The fourth-order valence-corrected chi connectivity index (χ4v) is 1.26. The molecule has 0 spiro atoms. The molecule has 2 N–H and O–H groups in total. The molecule has 2 heterocycles. The lowest BCUT2D eigenvalue weighted by Crippen LogP contribution is -2.14. The number of aromatic nitrogens is 5. The highest BCUT2D eigenvalue weighted by molar-refractivity contribution is 9.10. The van der Waals surface area contributed by atoms with Crippen molar-refractivity contribution in [2.24, 2.45) is 0 Å². The molecule has 0 fully saturated rings. The molecule has 0 aliphatic heterocycles. The Labute approximate surface area is 92.4 Å². The molecule has 1 amide bonds. The third-order valence-electron chi connectivity index (χ3n) is 1.56. The zero-order valence-corrected chi connectivity index (χ0v) is 8.89. The first-order chi connectivity index (χ1) is 7.27. The lowest BCUT2D eigenvalue weighted by atomic mass is 10.4. The molecule has 15 heavy (non-hydrogen) atoms. The maximum Gasteiger partial charge on any atom is 0.297 e. The molecule has 0 aliphatic carbocycles. The molecule has 2 aromatic rings. The van der Waals surface area contributed by atoms with Gasteiger partial charge in [-0.3, -0.25) is 4.79 Å². The fraction of sp³-hybridized carbons (Fsp3) is 0. The number of rotatable bonds is 2.